The standard InChI is InChI=1S/C22H25N5O4/c1-4-19(28)27-10-8-26(9-11-27)18-7-5-6-15(23-18)21-24-16-12-14(30-2)13-17(31-3)20(16)22(29)25-21/h5-7,12-13H,4,8-11H2,1-3H3,(H,24,25,29). The molecule has 1 aromatic carbocycles. The minimum absolute atomic E-state index is 0.171. The summed E-state index contributed by atoms with van der Waals surface area (Å²) in [5, 5.41) is 0.361. The number of fused-ring (bicyclic) bond motifs is 1. The van der Waals surface area contributed by atoms with E-state index in [4.69, 9.17) is 14.5 Å². The number of carbonyl (C=O) groups is 1. The molecule has 2 aromatic heterocycles. The van der Waals surface area contributed by atoms with Gasteiger partial charge in [0.05, 0.1) is 19.7 Å². The summed E-state index contributed by atoms with van der Waals surface area (Å²) in [5.74, 6) is 2.28. The molecule has 162 valence electrons. The number of hydrogen-bond acceptors (Lipinski definition) is 7. The van der Waals surface area contributed by atoms with Gasteiger partial charge >= 0.3 is 0 Å². The summed E-state index contributed by atoms with van der Waals surface area (Å²) in [7, 11) is 3.05. The van der Waals surface area contributed by atoms with E-state index in [0.717, 1.165) is 5.82 Å². The molecule has 0 unspecified atom stereocenters. The molecule has 4 rings (SSSR count). The Balaban J connectivity index is 1.66. The molecule has 0 atom stereocenters. The maximum absolute atomic E-state index is 12.8. The minimum atomic E-state index is -0.307. The highest BCUT2D eigenvalue weighted by atomic mass is 16.5. The molecule has 9 heteroatoms. The van der Waals surface area contributed by atoms with Crippen molar-refractivity contribution in [2.75, 3.05) is 45.3 Å². The second-order valence-electron chi connectivity index (χ2n) is 7.24. The van der Waals surface area contributed by atoms with Crippen LogP contribution in [-0.4, -0.2) is 66.2 Å². The molecule has 1 aliphatic rings. The van der Waals surface area contributed by atoms with Crippen LogP contribution in [-0.2, 0) is 4.79 Å². The van der Waals surface area contributed by atoms with E-state index < -0.39 is 0 Å². The smallest absolute Gasteiger partial charge is 0.262 e. The Morgan fingerprint density at radius 3 is 2.55 bits per heavy atom. The number of aromatic amines is 1. The van der Waals surface area contributed by atoms with E-state index in [2.05, 4.69) is 14.9 Å². The van der Waals surface area contributed by atoms with Gasteiger partial charge in [-0.1, -0.05) is 13.0 Å². The number of H-pyrrole nitrogens is 1. The number of methoxy groups -OCH3 is 2. The summed E-state index contributed by atoms with van der Waals surface area (Å²) in [5.41, 5.74) is 0.720. The fraction of sp³-hybridized carbons (Fsp3) is 0.364. The molecule has 1 N–H and O–H groups in total. The fourth-order valence-electron chi connectivity index (χ4n) is 3.75. The molecule has 1 aliphatic heterocycles. The topological polar surface area (TPSA) is 101 Å². The lowest BCUT2D eigenvalue weighted by atomic mass is 10.2. The van der Waals surface area contributed by atoms with Crippen molar-refractivity contribution < 1.29 is 14.3 Å². The van der Waals surface area contributed by atoms with E-state index in [1.807, 2.05) is 30.0 Å². The van der Waals surface area contributed by atoms with Gasteiger partial charge in [0.2, 0.25) is 5.91 Å². The van der Waals surface area contributed by atoms with Crippen molar-refractivity contribution in [3.8, 4) is 23.0 Å². The van der Waals surface area contributed by atoms with Gasteiger partial charge in [0.1, 0.15) is 28.4 Å². The summed E-state index contributed by atoms with van der Waals surface area (Å²) in [6.07, 6.45) is 0.518. The zero-order valence-corrected chi connectivity index (χ0v) is 17.8. The molecule has 9 nitrogen and oxygen atoms in total. The van der Waals surface area contributed by atoms with Crippen molar-refractivity contribution in [1.29, 1.82) is 0 Å². The van der Waals surface area contributed by atoms with E-state index in [0.29, 0.717) is 66.5 Å². The van der Waals surface area contributed by atoms with Gasteiger partial charge in [-0.3, -0.25) is 9.59 Å². The lowest BCUT2D eigenvalue weighted by Crippen LogP contribution is -2.48. The summed E-state index contributed by atoms with van der Waals surface area (Å²) < 4.78 is 10.6. The highest BCUT2D eigenvalue weighted by molar-refractivity contribution is 5.87. The normalized spacial score (nSPS) is 14.0. The molecule has 1 fully saturated rings. The second kappa shape index (κ2) is 8.63. The highest BCUT2D eigenvalue weighted by Gasteiger charge is 2.21. The monoisotopic (exact) mass is 423 g/mol. The molecular weight excluding hydrogens is 398 g/mol. The van der Waals surface area contributed by atoms with E-state index in [1.165, 1.54) is 7.11 Å². The van der Waals surface area contributed by atoms with Crippen LogP contribution >= 0.6 is 0 Å². The van der Waals surface area contributed by atoms with Gasteiger partial charge in [0.25, 0.3) is 5.56 Å². The van der Waals surface area contributed by atoms with Crippen molar-refractivity contribution in [3.63, 3.8) is 0 Å². The zero-order valence-electron chi connectivity index (χ0n) is 17.8. The Labute approximate surface area is 179 Å². The van der Waals surface area contributed by atoms with E-state index in [9.17, 15) is 9.59 Å². The van der Waals surface area contributed by atoms with Crippen LogP contribution in [0.15, 0.2) is 35.1 Å². The average molecular weight is 423 g/mol. The Hall–Kier alpha value is -3.62. The molecule has 3 aromatic rings. The molecule has 1 saturated heterocycles. The number of benzene rings is 1. The molecular formula is C22H25N5O4. The van der Waals surface area contributed by atoms with Crippen LogP contribution in [0, 0.1) is 0 Å². The number of anilines is 1. The summed E-state index contributed by atoms with van der Waals surface area (Å²) in [6.45, 7) is 4.63. The zero-order chi connectivity index (χ0) is 22.0. The highest BCUT2D eigenvalue weighted by Crippen LogP contribution is 2.29. The van der Waals surface area contributed by atoms with Gasteiger partial charge < -0.3 is 24.3 Å². The maximum Gasteiger partial charge on any atom is 0.262 e. The quantitative estimate of drug-likeness (QED) is 0.670. The van der Waals surface area contributed by atoms with Gasteiger partial charge in [-0.2, -0.15) is 0 Å². The molecule has 0 aliphatic carbocycles. The van der Waals surface area contributed by atoms with Crippen LogP contribution in [0.25, 0.3) is 22.4 Å². The van der Waals surface area contributed by atoms with E-state index in [-0.39, 0.29) is 11.5 Å². The molecule has 0 radical (unpaired) electrons. The number of rotatable bonds is 5. The molecule has 3 heterocycles. The van der Waals surface area contributed by atoms with Gasteiger partial charge in [-0.15, -0.1) is 0 Å². The third kappa shape index (κ3) is 4.03. The molecule has 31 heavy (non-hydrogen) atoms. The third-order valence-electron chi connectivity index (χ3n) is 5.44. The van der Waals surface area contributed by atoms with E-state index >= 15 is 0 Å². The SMILES string of the molecule is CCC(=O)N1CCN(c2cccc(-c3nc4cc(OC)cc(OC)c4c(=O)[nH]3)n2)CC1. The number of nitrogens with one attached hydrogen (secondary N) is 1. The first-order valence-electron chi connectivity index (χ1n) is 10.2. The number of amides is 1. The Morgan fingerprint density at radius 2 is 1.87 bits per heavy atom. The Kier molecular flexibility index (Phi) is 5.75. The molecule has 0 bridgehead atoms. The number of aromatic nitrogens is 3. The third-order valence-corrected chi connectivity index (χ3v) is 5.44. The van der Waals surface area contributed by atoms with Crippen molar-refractivity contribution in [1.82, 2.24) is 19.9 Å². The number of hydrogen-bond donors (Lipinski definition) is 1. The minimum Gasteiger partial charge on any atom is -0.497 e. The predicted molar refractivity (Wildman–Crippen MR) is 118 cm³/mol. The predicted octanol–water partition coefficient (Wildman–Crippen LogP) is 2.06. The van der Waals surface area contributed by atoms with Crippen LogP contribution < -0.4 is 19.9 Å². The first-order chi connectivity index (χ1) is 15.0. The van der Waals surface area contributed by atoms with Crippen molar-refractivity contribution in [2.24, 2.45) is 0 Å². The second-order valence-corrected chi connectivity index (χ2v) is 7.24. The molecule has 0 saturated carbocycles. The van der Waals surface area contributed by atoms with Gasteiger partial charge in [-0.25, -0.2) is 9.97 Å². The maximum atomic E-state index is 12.8. The first kappa shape index (κ1) is 20.6. The first-order valence-corrected chi connectivity index (χ1v) is 10.2. The van der Waals surface area contributed by atoms with Crippen molar-refractivity contribution >= 4 is 22.6 Å². The van der Waals surface area contributed by atoms with Crippen molar-refractivity contribution in [3.05, 3.63) is 40.7 Å². The van der Waals surface area contributed by atoms with Crippen LogP contribution in [0.4, 0.5) is 5.82 Å². The van der Waals surface area contributed by atoms with Gasteiger partial charge in [0.15, 0.2) is 5.82 Å². The number of piperazine rings is 1. The van der Waals surface area contributed by atoms with Gasteiger partial charge in [-0.05, 0) is 12.1 Å². The van der Waals surface area contributed by atoms with Crippen molar-refractivity contribution in [2.45, 2.75) is 13.3 Å². The summed E-state index contributed by atoms with van der Waals surface area (Å²) in [6, 6.07) is 8.97. The van der Waals surface area contributed by atoms with Crippen LogP contribution in [0.1, 0.15) is 13.3 Å². The number of carbonyl (C=O) groups excluding carboxylic acids is 1. The van der Waals surface area contributed by atoms with Crippen LogP contribution in [0.2, 0.25) is 0 Å². The lowest BCUT2D eigenvalue weighted by Gasteiger charge is -2.35. The van der Waals surface area contributed by atoms with Crippen LogP contribution in [0.5, 0.6) is 11.5 Å². The van der Waals surface area contributed by atoms with E-state index in [1.54, 1.807) is 19.2 Å². The fourth-order valence-corrected chi connectivity index (χ4v) is 3.75. The number of ether oxygens (including phenoxy) is 2. The Morgan fingerprint density at radius 1 is 1.10 bits per heavy atom. The number of nitrogens with zero attached hydrogens (tertiary/aromatic N) is 4. The number of pyridine rings is 1. The molecule has 1 amide bonds. The Bertz CT molecular complexity index is 1170. The van der Waals surface area contributed by atoms with Crippen LogP contribution in [0.3, 0.4) is 0 Å². The molecule has 0 spiro atoms. The summed E-state index contributed by atoms with van der Waals surface area (Å²) in [4.78, 5) is 40.8. The summed E-state index contributed by atoms with van der Waals surface area (Å²) >= 11 is 0. The van der Waals surface area contributed by atoms with Gasteiger partial charge in [0, 0.05) is 44.7 Å². The largest absolute Gasteiger partial charge is 0.497 e. The average Bonchev–Trinajstić information content (AvgIpc) is 2.82. The lowest BCUT2D eigenvalue weighted by molar-refractivity contribution is -0.131.